The van der Waals surface area contributed by atoms with E-state index in [1.807, 2.05) is 20.8 Å². The maximum Gasteiger partial charge on any atom is 0.305 e. The average molecular weight is 202 g/mol. The van der Waals surface area contributed by atoms with E-state index in [4.69, 9.17) is 9.84 Å². The minimum absolute atomic E-state index is 0.0185. The normalized spacial score (nSPS) is 11.1. The Morgan fingerprint density at radius 2 is 1.79 bits per heavy atom. The zero-order valence-corrected chi connectivity index (χ0v) is 9.00. The molecule has 0 amide bonds. The highest BCUT2D eigenvalue weighted by Crippen LogP contribution is 2.13. The minimum Gasteiger partial charge on any atom is -0.481 e. The highest BCUT2D eigenvalue weighted by molar-refractivity contribution is 5.71. The number of carbonyl (C=O) groups is 2. The Morgan fingerprint density at radius 1 is 1.21 bits per heavy atom. The van der Waals surface area contributed by atoms with E-state index in [2.05, 4.69) is 0 Å². The van der Waals surface area contributed by atoms with Gasteiger partial charge in [0.05, 0.1) is 6.61 Å². The average Bonchev–Trinajstić information content (AvgIpc) is 1.99. The van der Waals surface area contributed by atoms with Crippen LogP contribution in [0.2, 0.25) is 0 Å². The molecule has 0 radical (unpaired) electrons. The van der Waals surface area contributed by atoms with Gasteiger partial charge in [0, 0.05) is 12.8 Å². The summed E-state index contributed by atoms with van der Waals surface area (Å²) in [7, 11) is 0. The van der Waals surface area contributed by atoms with Crippen LogP contribution >= 0.6 is 0 Å². The van der Waals surface area contributed by atoms with Gasteiger partial charge in [-0.2, -0.15) is 0 Å². The van der Waals surface area contributed by atoms with Crippen LogP contribution in [0, 0.1) is 5.41 Å². The van der Waals surface area contributed by atoms with Crippen molar-refractivity contribution >= 4 is 11.9 Å². The van der Waals surface area contributed by atoms with Crippen molar-refractivity contribution in [3.05, 3.63) is 0 Å². The van der Waals surface area contributed by atoms with Gasteiger partial charge in [-0.1, -0.05) is 20.8 Å². The van der Waals surface area contributed by atoms with Gasteiger partial charge in [0.1, 0.15) is 0 Å². The first-order valence-electron chi connectivity index (χ1n) is 4.69. The topological polar surface area (TPSA) is 63.6 Å². The minimum atomic E-state index is -0.881. The largest absolute Gasteiger partial charge is 0.481 e. The molecule has 0 rings (SSSR count). The van der Waals surface area contributed by atoms with E-state index in [9.17, 15) is 9.59 Å². The lowest BCUT2D eigenvalue weighted by Crippen LogP contribution is -2.18. The predicted octanol–water partition coefficient (Wildman–Crippen LogP) is 1.83. The predicted molar refractivity (Wildman–Crippen MR) is 51.9 cm³/mol. The summed E-state index contributed by atoms with van der Waals surface area (Å²) in [5.74, 6) is -1.20. The van der Waals surface area contributed by atoms with E-state index < -0.39 is 5.97 Å². The number of hydrogen-bond acceptors (Lipinski definition) is 3. The molecule has 1 N–H and O–H groups in total. The van der Waals surface area contributed by atoms with Crippen molar-refractivity contribution in [1.82, 2.24) is 0 Å². The smallest absolute Gasteiger partial charge is 0.305 e. The summed E-state index contributed by atoms with van der Waals surface area (Å²) in [5.41, 5.74) is -0.0392. The summed E-state index contributed by atoms with van der Waals surface area (Å²) < 4.78 is 4.96. The van der Waals surface area contributed by atoms with Gasteiger partial charge in [-0.25, -0.2) is 0 Å². The number of carboxylic acid groups (broad SMARTS) is 1. The molecule has 82 valence electrons. The van der Waals surface area contributed by atoms with E-state index in [-0.39, 0.29) is 24.2 Å². The van der Waals surface area contributed by atoms with Gasteiger partial charge in [-0.15, -0.1) is 0 Å². The zero-order chi connectivity index (χ0) is 11.2. The highest BCUT2D eigenvalue weighted by Gasteiger charge is 2.13. The van der Waals surface area contributed by atoms with Crippen molar-refractivity contribution in [3.8, 4) is 0 Å². The van der Waals surface area contributed by atoms with E-state index in [0.29, 0.717) is 13.0 Å². The molecule has 4 heteroatoms. The second kappa shape index (κ2) is 5.62. The van der Waals surface area contributed by atoms with Crippen LogP contribution in [0.5, 0.6) is 0 Å². The van der Waals surface area contributed by atoms with Crippen LogP contribution in [-0.2, 0) is 14.3 Å². The van der Waals surface area contributed by atoms with Gasteiger partial charge in [0.2, 0.25) is 0 Å². The third kappa shape index (κ3) is 9.03. The quantitative estimate of drug-likeness (QED) is 0.691. The molecule has 0 aromatic carbocycles. The number of carbonyl (C=O) groups excluding carboxylic acids is 1. The Kier molecular flexibility index (Phi) is 5.20. The van der Waals surface area contributed by atoms with Crippen LogP contribution in [0.4, 0.5) is 0 Å². The molecule has 0 atom stereocenters. The third-order valence-corrected chi connectivity index (χ3v) is 1.44. The highest BCUT2D eigenvalue weighted by atomic mass is 16.5. The number of esters is 1. The van der Waals surface area contributed by atoms with Crippen molar-refractivity contribution in [2.24, 2.45) is 5.41 Å². The lowest BCUT2D eigenvalue weighted by atomic mass is 9.99. The van der Waals surface area contributed by atoms with Gasteiger partial charge in [0.15, 0.2) is 0 Å². The molecule has 0 bridgehead atoms. The molecule has 4 nitrogen and oxygen atoms in total. The van der Waals surface area contributed by atoms with Crippen molar-refractivity contribution in [1.29, 1.82) is 0 Å². The van der Waals surface area contributed by atoms with E-state index >= 15 is 0 Å². The fourth-order valence-corrected chi connectivity index (χ4v) is 0.753. The number of ether oxygens (including phenoxy) is 1. The molecule has 0 saturated carbocycles. The van der Waals surface area contributed by atoms with Crippen molar-refractivity contribution < 1.29 is 19.4 Å². The summed E-state index contributed by atoms with van der Waals surface area (Å²) in [6, 6.07) is 0. The lowest BCUT2D eigenvalue weighted by Gasteiger charge is -2.17. The number of carboxylic acids is 1. The van der Waals surface area contributed by atoms with Crippen LogP contribution < -0.4 is 0 Å². The maximum absolute atomic E-state index is 11.1. The summed E-state index contributed by atoms with van der Waals surface area (Å²) in [4.78, 5) is 21.2. The fourth-order valence-electron chi connectivity index (χ4n) is 0.753. The first kappa shape index (κ1) is 12.9. The molecule has 0 aliphatic carbocycles. The second-order valence-corrected chi connectivity index (χ2v) is 4.47. The number of hydrogen-bond donors (Lipinski definition) is 1. The maximum atomic E-state index is 11.1. The van der Waals surface area contributed by atoms with Gasteiger partial charge in [-0.05, 0) is 11.8 Å². The Morgan fingerprint density at radius 3 is 2.21 bits per heavy atom. The molecule has 0 aromatic rings. The molecular weight excluding hydrogens is 184 g/mol. The summed E-state index contributed by atoms with van der Waals surface area (Å²) in [5, 5.41) is 8.33. The zero-order valence-electron chi connectivity index (χ0n) is 9.00. The molecule has 0 unspecified atom stereocenters. The first-order valence-corrected chi connectivity index (χ1v) is 4.69. The Labute approximate surface area is 84.3 Å². The lowest BCUT2D eigenvalue weighted by molar-refractivity contribution is -0.146. The fraction of sp³-hybridized carbons (Fsp3) is 0.800. The molecule has 0 aliphatic rings. The van der Waals surface area contributed by atoms with Crippen LogP contribution in [0.1, 0.15) is 40.0 Å². The first-order chi connectivity index (χ1) is 6.31. The van der Waals surface area contributed by atoms with Gasteiger partial charge in [0.25, 0.3) is 0 Å². The monoisotopic (exact) mass is 202 g/mol. The third-order valence-electron chi connectivity index (χ3n) is 1.44. The van der Waals surface area contributed by atoms with Crippen LogP contribution in [-0.4, -0.2) is 23.7 Å². The molecule has 0 fully saturated rings. The molecule has 0 aromatic heterocycles. The van der Waals surface area contributed by atoms with Gasteiger partial charge >= 0.3 is 11.9 Å². The van der Waals surface area contributed by atoms with Crippen molar-refractivity contribution in [3.63, 3.8) is 0 Å². The summed E-state index contributed by atoms with van der Waals surface area (Å²) in [6.07, 6.45) is 0.547. The number of rotatable bonds is 5. The Bertz CT molecular complexity index is 203. The van der Waals surface area contributed by atoms with Crippen LogP contribution in [0.25, 0.3) is 0 Å². The SMILES string of the molecule is CC(C)(C)COC(=O)CCCC(=O)O. The van der Waals surface area contributed by atoms with Crippen LogP contribution in [0.15, 0.2) is 0 Å². The molecule has 0 spiro atoms. The standard InChI is InChI=1S/C10H18O4/c1-10(2,3)7-14-9(13)6-4-5-8(11)12/h4-7H2,1-3H3,(H,11,12). The molecule has 0 aliphatic heterocycles. The molecule has 14 heavy (non-hydrogen) atoms. The Hall–Kier alpha value is -1.06. The second-order valence-electron chi connectivity index (χ2n) is 4.47. The summed E-state index contributed by atoms with van der Waals surface area (Å²) >= 11 is 0. The van der Waals surface area contributed by atoms with E-state index in [1.54, 1.807) is 0 Å². The number of aliphatic carboxylic acids is 1. The Balaban J connectivity index is 3.52. The van der Waals surface area contributed by atoms with E-state index in [1.165, 1.54) is 0 Å². The van der Waals surface area contributed by atoms with Gasteiger partial charge in [-0.3, -0.25) is 9.59 Å². The van der Waals surface area contributed by atoms with Crippen molar-refractivity contribution in [2.75, 3.05) is 6.61 Å². The molecule has 0 saturated heterocycles. The molecular formula is C10H18O4. The summed E-state index contributed by atoms with van der Waals surface area (Å²) in [6.45, 7) is 6.28. The molecule has 0 heterocycles. The van der Waals surface area contributed by atoms with Crippen LogP contribution in [0.3, 0.4) is 0 Å². The van der Waals surface area contributed by atoms with E-state index in [0.717, 1.165) is 0 Å². The van der Waals surface area contributed by atoms with Gasteiger partial charge < -0.3 is 9.84 Å². The van der Waals surface area contributed by atoms with Crippen molar-refractivity contribution in [2.45, 2.75) is 40.0 Å².